The SMILES string of the molecule is Cc1cc(NC(=O)N2CCC(c3nc(-c4ccccn4)no3)CC2)ccc1Br. The number of aromatic nitrogens is 3. The maximum Gasteiger partial charge on any atom is 0.321 e. The first-order valence-corrected chi connectivity index (χ1v) is 9.96. The van der Waals surface area contributed by atoms with E-state index in [1.807, 2.05) is 48.2 Å². The van der Waals surface area contributed by atoms with Gasteiger partial charge in [-0.2, -0.15) is 4.98 Å². The molecule has 0 aliphatic carbocycles. The first-order chi connectivity index (χ1) is 13.6. The summed E-state index contributed by atoms with van der Waals surface area (Å²) in [5, 5.41) is 7.01. The highest BCUT2D eigenvalue weighted by Crippen LogP contribution is 2.28. The normalized spacial score (nSPS) is 14.9. The third-order valence-corrected chi connectivity index (χ3v) is 5.77. The number of piperidine rings is 1. The Balaban J connectivity index is 1.35. The molecule has 8 heteroatoms. The van der Waals surface area contributed by atoms with E-state index in [0.29, 0.717) is 30.5 Å². The maximum atomic E-state index is 12.5. The lowest BCUT2D eigenvalue weighted by Gasteiger charge is -2.30. The standard InChI is InChI=1S/C20H20BrN5O2/c1-13-12-15(5-6-16(13)21)23-20(27)26-10-7-14(8-11-26)19-24-18(25-28-19)17-4-2-3-9-22-17/h2-6,9,12,14H,7-8,10-11H2,1H3,(H,23,27). The number of pyridine rings is 1. The molecular weight excluding hydrogens is 422 g/mol. The number of likely N-dealkylation sites (tertiary alicyclic amines) is 1. The van der Waals surface area contributed by atoms with Crippen molar-refractivity contribution in [2.75, 3.05) is 18.4 Å². The quantitative estimate of drug-likeness (QED) is 0.640. The molecule has 28 heavy (non-hydrogen) atoms. The molecule has 144 valence electrons. The number of nitrogens with zero attached hydrogens (tertiary/aromatic N) is 4. The van der Waals surface area contributed by atoms with Gasteiger partial charge >= 0.3 is 6.03 Å². The van der Waals surface area contributed by atoms with Crippen molar-refractivity contribution in [3.8, 4) is 11.5 Å². The van der Waals surface area contributed by atoms with Gasteiger partial charge < -0.3 is 14.7 Å². The lowest BCUT2D eigenvalue weighted by atomic mass is 9.97. The van der Waals surface area contributed by atoms with Crippen LogP contribution in [0.25, 0.3) is 11.5 Å². The molecule has 1 saturated heterocycles. The summed E-state index contributed by atoms with van der Waals surface area (Å²) in [5.74, 6) is 1.27. The molecular formula is C20H20BrN5O2. The third kappa shape index (κ3) is 4.06. The lowest BCUT2D eigenvalue weighted by molar-refractivity contribution is 0.187. The number of amides is 2. The summed E-state index contributed by atoms with van der Waals surface area (Å²) in [6.45, 7) is 3.29. The summed E-state index contributed by atoms with van der Waals surface area (Å²) in [7, 11) is 0. The van der Waals surface area contributed by atoms with Crippen molar-refractivity contribution >= 4 is 27.6 Å². The fourth-order valence-corrected chi connectivity index (χ4v) is 3.50. The fourth-order valence-electron chi connectivity index (χ4n) is 3.25. The molecule has 0 radical (unpaired) electrons. The number of nitrogens with one attached hydrogen (secondary N) is 1. The van der Waals surface area contributed by atoms with Crippen LogP contribution in [0.5, 0.6) is 0 Å². The van der Waals surface area contributed by atoms with Gasteiger partial charge in [-0.05, 0) is 55.7 Å². The molecule has 1 aliphatic heterocycles. The summed E-state index contributed by atoms with van der Waals surface area (Å²) in [4.78, 5) is 23.1. The molecule has 0 saturated carbocycles. The van der Waals surface area contributed by atoms with Gasteiger partial charge in [-0.1, -0.05) is 27.2 Å². The molecule has 0 unspecified atom stereocenters. The average Bonchev–Trinajstić information content (AvgIpc) is 3.22. The fraction of sp³-hybridized carbons (Fsp3) is 0.300. The Labute approximate surface area is 171 Å². The summed E-state index contributed by atoms with van der Waals surface area (Å²) in [6.07, 6.45) is 3.28. The van der Waals surface area contributed by atoms with Crippen LogP contribution in [0.3, 0.4) is 0 Å². The van der Waals surface area contributed by atoms with Crippen LogP contribution in [-0.2, 0) is 0 Å². The zero-order valence-electron chi connectivity index (χ0n) is 15.4. The van der Waals surface area contributed by atoms with Crippen molar-refractivity contribution in [3.63, 3.8) is 0 Å². The second-order valence-electron chi connectivity index (χ2n) is 6.83. The second-order valence-corrected chi connectivity index (χ2v) is 7.68. The van der Waals surface area contributed by atoms with E-state index in [1.54, 1.807) is 6.20 Å². The number of benzene rings is 1. The van der Waals surface area contributed by atoms with Crippen LogP contribution >= 0.6 is 15.9 Å². The Morgan fingerprint density at radius 1 is 1.25 bits per heavy atom. The molecule has 0 bridgehead atoms. The third-order valence-electron chi connectivity index (χ3n) is 4.88. The molecule has 2 aromatic heterocycles. The summed E-state index contributed by atoms with van der Waals surface area (Å²) in [6, 6.07) is 11.3. The van der Waals surface area contributed by atoms with Gasteiger partial charge in [0, 0.05) is 35.4 Å². The van der Waals surface area contributed by atoms with Crippen LogP contribution in [0.1, 0.15) is 30.2 Å². The Morgan fingerprint density at radius 3 is 2.79 bits per heavy atom. The Bertz CT molecular complexity index is 968. The second kappa shape index (κ2) is 8.10. The zero-order chi connectivity index (χ0) is 19.5. The van der Waals surface area contributed by atoms with Gasteiger partial charge in [0.15, 0.2) is 0 Å². The molecule has 1 fully saturated rings. The Hall–Kier alpha value is -2.74. The van der Waals surface area contributed by atoms with E-state index in [9.17, 15) is 4.79 Å². The van der Waals surface area contributed by atoms with Gasteiger partial charge in [0.1, 0.15) is 5.69 Å². The topological polar surface area (TPSA) is 84.2 Å². The molecule has 2 amide bonds. The number of rotatable bonds is 3. The Kier molecular flexibility index (Phi) is 5.38. The van der Waals surface area contributed by atoms with Crippen molar-refractivity contribution in [2.45, 2.75) is 25.7 Å². The summed E-state index contributed by atoms with van der Waals surface area (Å²) < 4.78 is 6.47. The van der Waals surface area contributed by atoms with Gasteiger partial charge in [-0.25, -0.2) is 4.79 Å². The van der Waals surface area contributed by atoms with Crippen LogP contribution in [0, 0.1) is 6.92 Å². The Morgan fingerprint density at radius 2 is 2.07 bits per heavy atom. The molecule has 0 spiro atoms. The van der Waals surface area contributed by atoms with Gasteiger partial charge in [0.25, 0.3) is 0 Å². The predicted molar refractivity (Wildman–Crippen MR) is 109 cm³/mol. The number of aryl methyl sites for hydroxylation is 1. The van der Waals surface area contributed by atoms with Crippen molar-refractivity contribution in [1.29, 1.82) is 0 Å². The van der Waals surface area contributed by atoms with Crippen LogP contribution < -0.4 is 5.32 Å². The average molecular weight is 442 g/mol. The minimum Gasteiger partial charge on any atom is -0.339 e. The van der Waals surface area contributed by atoms with Crippen LogP contribution in [-0.4, -0.2) is 39.1 Å². The van der Waals surface area contributed by atoms with E-state index >= 15 is 0 Å². The number of carbonyl (C=O) groups excluding carboxylic acids is 1. The molecule has 4 rings (SSSR count). The predicted octanol–water partition coefficient (Wildman–Crippen LogP) is 4.61. The minimum absolute atomic E-state index is 0.0834. The van der Waals surface area contributed by atoms with E-state index in [1.165, 1.54) is 0 Å². The molecule has 0 atom stereocenters. The highest BCUT2D eigenvalue weighted by atomic mass is 79.9. The highest BCUT2D eigenvalue weighted by Gasteiger charge is 2.28. The molecule has 1 N–H and O–H groups in total. The number of carbonyl (C=O) groups is 1. The number of urea groups is 1. The van der Waals surface area contributed by atoms with Gasteiger partial charge in [0.05, 0.1) is 0 Å². The first kappa shape index (κ1) is 18.6. The van der Waals surface area contributed by atoms with Gasteiger partial charge in [0.2, 0.25) is 11.7 Å². The van der Waals surface area contributed by atoms with Gasteiger partial charge in [-0.15, -0.1) is 0 Å². The minimum atomic E-state index is -0.0834. The maximum absolute atomic E-state index is 12.5. The van der Waals surface area contributed by atoms with E-state index in [0.717, 1.165) is 28.6 Å². The summed E-state index contributed by atoms with van der Waals surface area (Å²) in [5.41, 5.74) is 2.57. The van der Waals surface area contributed by atoms with E-state index in [2.05, 4.69) is 36.4 Å². The van der Waals surface area contributed by atoms with Crippen molar-refractivity contribution in [3.05, 3.63) is 58.5 Å². The molecule has 3 aromatic rings. The first-order valence-electron chi connectivity index (χ1n) is 9.17. The molecule has 1 aliphatic rings. The van der Waals surface area contributed by atoms with Crippen molar-refractivity contribution in [2.24, 2.45) is 0 Å². The molecule has 7 nitrogen and oxygen atoms in total. The summed E-state index contributed by atoms with van der Waals surface area (Å²) >= 11 is 3.47. The molecule has 1 aromatic carbocycles. The van der Waals surface area contributed by atoms with Crippen molar-refractivity contribution in [1.82, 2.24) is 20.0 Å². The van der Waals surface area contributed by atoms with E-state index in [-0.39, 0.29) is 11.9 Å². The molecule has 3 heterocycles. The number of hydrogen-bond donors (Lipinski definition) is 1. The number of hydrogen-bond acceptors (Lipinski definition) is 5. The zero-order valence-corrected chi connectivity index (χ0v) is 17.0. The van der Waals surface area contributed by atoms with E-state index < -0.39 is 0 Å². The lowest BCUT2D eigenvalue weighted by Crippen LogP contribution is -2.40. The van der Waals surface area contributed by atoms with Crippen molar-refractivity contribution < 1.29 is 9.32 Å². The van der Waals surface area contributed by atoms with E-state index in [4.69, 9.17) is 4.52 Å². The highest BCUT2D eigenvalue weighted by molar-refractivity contribution is 9.10. The van der Waals surface area contributed by atoms with Gasteiger partial charge in [-0.3, -0.25) is 4.98 Å². The van der Waals surface area contributed by atoms with Crippen LogP contribution in [0.4, 0.5) is 10.5 Å². The number of halogens is 1. The largest absolute Gasteiger partial charge is 0.339 e. The number of anilines is 1. The smallest absolute Gasteiger partial charge is 0.321 e. The monoisotopic (exact) mass is 441 g/mol. The van der Waals surface area contributed by atoms with Crippen LogP contribution in [0.15, 0.2) is 51.6 Å². The van der Waals surface area contributed by atoms with Crippen LogP contribution in [0.2, 0.25) is 0 Å².